The number of carbonyl (C=O) groups is 1. The Kier molecular flexibility index (Phi) is 3.92. The van der Waals surface area contributed by atoms with Crippen LogP contribution in [0.25, 0.3) is 0 Å². The molecule has 0 saturated heterocycles. The van der Waals surface area contributed by atoms with Gasteiger partial charge in [-0.25, -0.2) is 0 Å². The van der Waals surface area contributed by atoms with Crippen LogP contribution in [-0.4, -0.2) is 24.6 Å². The minimum atomic E-state index is 0.0787. The van der Waals surface area contributed by atoms with E-state index >= 15 is 0 Å². The molecule has 4 heteroatoms. The van der Waals surface area contributed by atoms with Gasteiger partial charge in [0.2, 0.25) is 5.91 Å². The first-order valence-electron chi connectivity index (χ1n) is 7.48. The molecule has 1 saturated carbocycles. The molecule has 4 nitrogen and oxygen atoms in total. The third-order valence-electron chi connectivity index (χ3n) is 4.41. The summed E-state index contributed by atoms with van der Waals surface area (Å²) in [4.78, 5) is 12.1. The van der Waals surface area contributed by atoms with Gasteiger partial charge in [-0.2, -0.15) is 0 Å². The van der Waals surface area contributed by atoms with Crippen LogP contribution >= 0.6 is 0 Å². The van der Waals surface area contributed by atoms with Gasteiger partial charge in [0, 0.05) is 12.5 Å². The molecule has 1 heterocycles. The van der Waals surface area contributed by atoms with Gasteiger partial charge in [-0.3, -0.25) is 4.79 Å². The molecule has 3 rings (SSSR count). The number of amides is 1. The lowest BCUT2D eigenvalue weighted by Gasteiger charge is -2.26. The molecule has 1 fully saturated rings. The molecular formula is C16H22N2O2. The Morgan fingerprint density at radius 1 is 1.35 bits per heavy atom. The second-order valence-electron chi connectivity index (χ2n) is 5.95. The molecule has 0 radical (unpaired) electrons. The maximum atomic E-state index is 12.1. The molecule has 1 aromatic carbocycles. The predicted octanol–water partition coefficient (Wildman–Crippen LogP) is 1.62. The number of hydrogen-bond donors (Lipinski definition) is 2. The van der Waals surface area contributed by atoms with Crippen LogP contribution in [0, 0.1) is 5.92 Å². The Hall–Kier alpha value is -1.55. The highest BCUT2D eigenvalue weighted by Crippen LogP contribution is 2.27. The van der Waals surface area contributed by atoms with Crippen LogP contribution in [0.5, 0.6) is 5.75 Å². The minimum Gasteiger partial charge on any atom is -0.491 e. The summed E-state index contributed by atoms with van der Waals surface area (Å²) in [5, 5.41) is 3.09. The molecule has 3 atom stereocenters. The summed E-state index contributed by atoms with van der Waals surface area (Å²) in [5.74, 6) is 1.41. The van der Waals surface area contributed by atoms with E-state index in [2.05, 4.69) is 11.4 Å². The second kappa shape index (κ2) is 5.83. The number of nitrogens with one attached hydrogen (secondary N) is 1. The minimum absolute atomic E-state index is 0.0787. The van der Waals surface area contributed by atoms with Gasteiger partial charge in [-0.05, 0) is 36.8 Å². The van der Waals surface area contributed by atoms with Crippen LogP contribution in [0.1, 0.15) is 31.2 Å². The molecule has 20 heavy (non-hydrogen) atoms. The van der Waals surface area contributed by atoms with Gasteiger partial charge in [0.05, 0.1) is 6.04 Å². The van der Waals surface area contributed by atoms with Gasteiger partial charge in [0.1, 0.15) is 12.4 Å². The normalized spacial score (nSPS) is 28.6. The van der Waals surface area contributed by atoms with E-state index in [9.17, 15) is 4.79 Å². The highest BCUT2D eigenvalue weighted by atomic mass is 16.5. The van der Waals surface area contributed by atoms with Gasteiger partial charge in [0.25, 0.3) is 0 Å². The van der Waals surface area contributed by atoms with Crippen molar-refractivity contribution >= 4 is 5.91 Å². The van der Waals surface area contributed by atoms with Crippen LogP contribution in [0.2, 0.25) is 0 Å². The Morgan fingerprint density at radius 3 is 3.00 bits per heavy atom. The van der Waals surface area contributed by atoms with Crippen LogP contribution in [-0.2, 0) is 11.2 Å². The molecule has 0 aromatic heterocycles. The largest absolute Gasteiger partial charge is 0.491 e. The fourth-order valence-corrected chi connectivity index (χ4v) is 3.26. The van der Waals surface area contributed by atoms with E-state index in [1.165, 1.54) is 5.56 Å². The van der Waals surface area contributed by atoms with Crippen LogP contribution < -0.4 is 15.8 Å². The molecular weight excluding hydrogens is 252 g/mol. The number of benzene rings is 1. The van der Waals surface area contributed by atoms with Crippen molar-refractivity contribution < 1.29 is 9.53 Å². The molecule has 0 bridgehead atoms. The summed E-state index contributed by atoms with van der Waals surface area (Å²) in [5.41, 5.74) is 7.19. The number of rotatable bonds is 3. The van der Waals surface area contributed by atoms with Crippen molar-refractivity contribution in [3.05, 3.63) is 29.8 Å². The average molecular weight is 274 g/mol. The first-order chi connectivity index (χ1) is 9.72. The van der Waals surface area contributed by atoms with E-state index in [0.29, 0.717) is 18.9 Å². The van der Waals surface area contributed by atoms with E-state index in [1.54, 1.807) is 0 Å². The number of hydrogen-bond acceptors (Lipinski definition) is 3. The van der Waals surface area contributed by atoms with Crippen LogP contribution in [0.3, 0.4) is 0 Å². The smallest absolute Gasteiger partial charge is 0.220 e. The zero-order valence-corrected chi connectivity index (χ0v) is 11.7. The molecule has 2 aliphatic rings. The van der Waals surface area contributed by atoms with E-state index < -0.39 is 0 Å². The molecule has 0 spiro atoms. The standard InChI is InChI=1S/C16H22N2O2/c17-14-6-3-5-11(14)9-16(19)18-13-8-12-4-1-2-7-15(12)20-10-13/h1-2,4,7,11,13-14H,3,5-6,8-10,17H2,(H,18,19)/t11-,13?,14+/m0/s1. The molecule has 1 aromatic rings. The lowest BCUT2D eigenvalue weighted by Crippen LogP contribution is -2.43. The lowest BCUT2D eigenvalue weighted by molar-refractivity contribution is -0.123. The van der Waals surface area contributed by atoms with Crippen molar-refractivity contribution in [2.75, 3.05) is 6.61 Å². The summed E-state index contributed by atoms with van der Waals surface area (Å²) in [6, 6.07) is 8.29. The topological polar surface area (TPSA) is 64.4 Å². The maximum Gasteiger partial charge on any atom is 0.220 e. The lowest BCUT2D eigenvalue weighted by atomic mass is 9.98. The van der Waals surface area contributed by atoms with Crippen molar-refractivity contribution in [3.63, 3.8) is 0 Å². The average Bonchev–Trinajstić information content (AvgIpc) is 2.84. The molecule has 1 aliphatic heterocycles. The number of carbonyl (C=O) groups excluding carboxylic acids is 1. The Morgan fingerprint density at radius 2 is 2.20 bits per heavy atom. The van der Waals surface area contributed by atoms with Gasteiger partial charge in [-0.15, -0.1) is 0 Å². The Balaban J connectivity index is 1.53. The van der Waals surface area contributed by atoms with Gasteiger partial charge >= 0.3 is 0 Å². The summed E-state index contributed by atoms with van der Waals surface area (Å²) < 4.78 is 5.69. The van der Waals surface area contributed by atoms with E-state index in [-0.39, 0.29) is 18.0 Å². The fourth-order valence-electron chi connectivity index (χ4n) is 3.26. The van der Waals surface area contributed by atoms with E-state index in [0.717, 1.165) is 31.4 Å². The maximum absolute atomic E-state index is 12.1. The zero-order valence-electron chi connectivity index (χ0n) is 11.7. The number of nitrogens with two attached hydrogens (primary N) is 1. The van der Waals surface area contributed by atoms with Crippen molar-refractivity contribution in [2.24, 2.45) is 11.7 Å². The summed E-state index contributed by atoms with van der Waals surface area (Å²) in [6.45, 7) is 0.555. The molecule has 3 N–H and O–H groups in total. The fraction of sp³-hybridized carbons (Fsp3) is 0.562. The summed E-state index contributed by atoms with van der Waals surface area (Å²) >= 11 is 0. The summed E-state index contributed by atoms with van der Waals surface area (Å²) in [7, 11) is 0. The highest BCUT2D eigenvalue weighted by Gasteiger charge is 2.27. The first kappa shape index (κ1) is 13.4. The quantitative estimate of drug-likeness (QED) is 0.880. The second-order valence-corrected chi connectivity index (χ2v) is 5.95. The molecule has 1 unspecified atom stereocenters. The van der Waals surface area contributed by atoms with Crippen molar-refractivity contribution in [1.29, 1.82) is 0 Å². The van der Waals surface area contributed by atoms with Crippen molar-refractivity contribution in [1.82, 2.24) is 5.32 Å². The zero-order chi connectivity index (χ0) is 13.9. The molecule has 1 amide bonds. The first-order valence-corrected chi connectivity index (χ1v) is 7.48. The Labute approximate surface area is 119 Å². The molecule has 1 aliphatic carbocycles. The monoisotopic (exact) mass is 274 g/mol. The van der Waals surface area contributed by atoms with Crippen molar-refractivity contribution in [2.45, 2.75) is 44.2 Å². The third-order valence-corrected chi connectivity index (χ3v) is 4.41. The van der Waals surface area contributed by atoms with Gasteiger partial charge in [0.15, 0.2) is 0 Å². The van der Waals surface area contributed by atoms with Gasteiger partial charge in [-0.1, -0.05) is 24.6 Å². The highest BCUT2D eigenvalue weighted by molar-refractivity contribution is 5.76. The van der Waals surface area contributed by atoms with Crippen LogP contribution in [0.15, 0.2) is 24.3 Å². The SMILES string of the molecule is N[C@@H]1CCC[C@H]1CC(=O)NC1COc2ccccc2C1. The van der Waals surface area contributed by atoms with Crippen LogP contribution in [0.4, 0.5) is 0 Å². The number of fused-ring (bicyclic) bond motifs is 1. The number of para-hydroxylation sites is 1. The Bertz CT molecular complexity index is 489. The summed E-state index contributed by atoms with van der Waals surface area (Å²) in [6.07, 6.45) is 4.69. The predicted molar refractivity (Wildman–Crippen MR) is 77.5 cm³/mol. The van der Waals surface area contributed by atoms with E-state index in [4.69, 9.17) is 10.5 Å². The van der Waals surface area contributed by atoms with Gasteiger partial charge < -0.3 is 15.8 Å². The molecule has 108 valence electrons. The van der Waals surface area contributed by atoms with Crippen molar-refractivity contribution in [3.8, 4) is 5.75 Å². The van der Waals surface area contributed by atoms with E-state index in [1.807, 2.05) is 18.2 Å². The third kappa shape index (κ3) is 2.96. The number of ether oxygens (including phenoxy) is 1.